The maximum Gasteiger partial charge on any atom is 0.323 e. The van der Waals surface area contributed by atoms with Gasteiger partial charge in [0.25, 0.3) is 11.8 Å². The molecular weight excluding hydrogens is 541 g/mol. The molecule has 196 valence electrons. The zero-order valence-electron chi connectivity index (χ0n) is 20.2. The van der Waals surface area contributed by atoms with Crippen molar-refractivity contribution in [2.75, 3.05) is 10.6 Å². The molecule has 0 unspecified atom stereocenters. The average Bonchev–Trinajstić information content (AvgIpc) is 2.94. The first kappa shape index (κ1) is 27.2. The van der Waals surface area contributed by atoms with Gasteiger partial charge in [0.15, 0.2) is 0 Å². The Labute approximate surface area is 233 Å². The topological polar surface area (TPSA) is 121 Å². The first-order chi connectivity index (χ1) is 18.8. The molecule has 4 N–H and O–H groups in total. The van der Waals surface area contributed by atoms with Crippen molar-refractivity contribution in [1.29, 1.82) is 0 Å². The lowest BCUT2D eigenvalue weighted by Gasteiger charge is -2.10. The molecule has 0 atom stereocenters. The number of aromatic nitrogens is 1. The number of carbonyl (C=O) groups excluding carboxylic acids is 3. The number of halogens is 2. The zero-order chi connectivity index (χ0) is 27.6. The number of pyridine rings is 1. The van der Waals surface area contributed by atoms with E-state index in [1.165, 1.54) is 18.3 Å². The normalized spacial score (nSPS) is 10.5. The Morgan fingerprint density at radius 1 is 0.718 bits per heavy atom. The van der Waals surface area contributed by atoms with Gasteiger partial charge in [-0.2, -0.15) is 0 Å². The molecule has 39 heavy (non-hydrogen) atoms. The number of amides is 4. The van der Waals surface area contributed by atoms with Gasteiger partial charge >= 0.3 is 6.03 Å². The molecule has 3 aromatic carbocycles. The predicted molar refractivity (Wildman–Crippen MR) is 151 cm³/mol. The second-order valence-electron chi connectivity index (χ2n) is 7.92. The number of urea groups is 1. The molecule has 0 aliphatic heterocycles. The van der Waals surface area contributed by atoms with Gasteiger partial charge in [-0.25, -0.2) is 4.79 Å². The summed E-state index contributed by atoms with van der Waals surface area (Å²) in [5.41, 5.74) is 6.55. The highest BCUT2D eigenvalue weighted by Crippen LogP contribution is 2.23. The second kappa shape index (κ2) is 13.1. The Kier molecular flexibility index (Phi) is 9.12. The lowest BCUT2D eigenvalue weighted by molar-refractivity contribution is -0.117. The molecule has 0 aliphatic carbocycles. The van der Waals surface area contributed by atoms with Crippen LogP contribution in [0, 0.1) is 0 Å². The Morgan fingerprint density at radius 2 is 1.31 bits per heavy atom. The summed E-state index contributed by atoms with van der Waals surface area (Å²) in [6, 6.07) is 22.9. The molecule has 0 aliphatic rings. The molecule has 4 amide bonds. The monoisotopic (exact) mass is 561 g/mol. The van der Waals surface area contributed by atoms with Crippen molar-refractivity contribution in [1.82, 2.24) is 15.8 Å². The number of hydrogen-bond donors (Lipinski definition) is 4. The van der Waals surface area contributed by atoms with E-state index >= 15 is 0 Å². The number of nitrogens with zero attached hydrogens (tertiary/aromatic N) is 1. The average molecular weight is 562 g/mol. The van der Waals surface area contributed by atoms with Gasteiger partial charge in [-0.3, -0.25) is 25.4 Å². The largest absolute Gasteiger partial charge is 0.457 e. The van der Waals surface area contributed by atoms with Crippen LogP contribution < -0.4 is 26.2 Å². The third-order valence-corrected chi connectivity index (χ3v) is 5.51. The minimum Gasteiger partial charge on any atom is -0.457 e. The van der Waals surface area contributed by atoms with Gasteiger partial charge in [0.05, 0.1) is 0 Å². The number of hydrazine groups is 1. The van der Waals surface area contributed by atoms with Crippen molar-refractivity contribution < 1.29 is 19.1 Å². The van der Waals surface area contributed by atoms with E-state index in [1.807, 2.05) is 0 Å². The van der Waals surface area contributed by atoms with Crippen LogP contribution in [0.4, 0.5) is 16.2 Å². The number of nitrogens with one attached hydrogen (secondary N) is 4. The summed E-state index contributed by atoms with van der Waals surface area (Å²) in [5.74, 6) is -0.330. The number of anilines is 2. The summed E-state index contributed by atoms with van der Waals surface area (Å²) in [6.07, 6.45) is 4.26. The quantitative estimate of drug-likeness (QED) is 0.156. The molecule has 0 radical (unpaired) electrons. The number of hydrogen-bond acceptors (Lipinski definition) is 5. The van der Waals surface area contributed by atoms with Gasteiger partial charge < -0.3 is 15.4 Å². The Morgan fingerprint density at radius 3 is 1.95 bits per heavy atom. The number of rotatable bonds is 7. The van der Waals surface area contributed by atoms with Gasteiger partial charge in [-0.05, 0) is 78.4 Å². The molecule has 0 fully saturated rings. The fourth-order valence-electron chi connectivity index (χ4n) is 3.14. The molecule has 0 saturated carbocycles. The smallest absolute Gasteiger partial charge is 0.323 e. The Hall–Kier alpha value is -4.86. The molecular formula is C28H21Cl2N5O4. The minimum absolute atomic E-state index is 0.0339. The van der Waals surface area contributed by atoms with Crippen molar-refractivity contribution in [3.8, 4) is 11.5 Å². The first-order valence-electron chi connectivity index (χ1n) is 11.5. The van der Waals surface area contributed by atoms with Crippen molar-refractivity contribution in [2.24, 2.45) is 0 Å². The molecule has 4 rings (SSSR count). The standard InChI is InChI=1S/C28H21Cl2N5O4/c29-19-4-1-18(2-5-19)3-14-26(36)34-35-27(37)25-17-24(15-16-31-25)39-23-12-10-22(11-13-23)33-28(38)32-21-8-6-20(30)7-9-21/h1-17H,(H,34,36)(H,35,37)(H2,32,33,38)/b14-3+. The third-order valence-electron chi connectivity index (χ3n) is 5.01. The molecule has 1 aromatic heterocycles. The molecule has 0 bridgehead atoms. The van der Waals surface area contributed by atoms with E-state index in [-0.39, 0.29) is 5.69 Å². The second-order valence-corrected chi connectivity index (χ2v) is 8.79. The molecule has 0 spiro atoms. The van der Waals surface area contributed by atoms with Gasteiger partial charge in [0, 0.05) is 39.8 Å². The zero-order valence-corrected chi connectivity index (χ0v) is 21.7. The minimum atomic E-state index is -0.625. The summed E-state index contributed by atoms with van der Waals surface area (Å²) in [6.45, 7) is 0. The van der Waals surface area contributed by atoms with Crippen LogP contribution in [0.25, 0.3) is 6.08 Å². The van der Waals surface area contributed by atoms with Crippen LogP contribution in [0.5, 0.6) is 11.5 Å². The highest BCUT2D eigenvalue weighted by Gasteiger charge is 2.10. The van der Waals surface area contributed by atoms with Crippen molar-refractivity contribution in [3.05, 3.63) is 119 Å². The molecule has 11 heteroatoms. The maximum absolute atomic E-state index is 12.4. The fraction of sp³-hybridized carbons (Fsp3) is 0. The van der Waals surface area contributed by atoms with Gasteiger partial charge in [0.2, 0.25) is 0 Å². The van der Waals surface area contributed by atoms with E-state index in [9.17, 15) is 14.4 Å². The van der Waals surface area contributed by atoms with Crippen LogP contribution in [0.3, 0.4) is 0 Å². The molecule has 4 aromatic rings. The van der Waals surface area contributed by atoms with Gasteiger partial charge in [-0.15, -0.1) is 0 Å². The van der Waals surface area contributed by atoms with Crippen LogP contribution >= 0.6 is 23.2 Å². The molecule has 1 heterocycles. The van der Waals surface area contributed by atoms with Crippen LogP contribution in [0.1, 0.15) is 16.1 Å². The van der Waals surface area contributed by atoms with Crippen LogP contribution in [0.15, 0.2) is 97.2 Å². The maximum atomic E-state index is 12.4. The lowest BCUT2D eigenvalue weighted by Crippen LogP contribution is -2.41. The Bertz CT molecular complexity index is 1490. The van der Waals surface area contributed by atoms with E-state index in [4.69, 9.17) is 27.9 Å². The van der Waals surface area contributed by atoms with Crippen molar-refractivity contribution in [2.45, 2.75) is 0 Å². The van der Waals surface area contributed by atoms with Crippen molar-refractivity contribution in [3.63, 3.8) is 0 Å². The number of ether oxygens (including phenoxy) is 1. The fourth-order valence-corrected chi connectivity index (χ4v) is 3.39. The Balaban J connectivity index is 1.27. The first-order valence-corrected chi connectivity index (χ1v) is 12.2. The summed E-state index contributed by atoms with van der Waals surface area (Å²) in [7, 11) is 0. The lowest BCUT2D eigenvalue weighted by atomic mass is 10.2. The van der Waals surface area contributed by atoms with E-state index in [1.54, 1.807) is 84.9 Å². The van der Waals surface area contributed by atoms with Gasteiger partial charge in [0.1, 0.15) is 17.2 Å². The SMILES string of the molecule is O=C(/C=C/c1ccc(Cl)cc1)NNC(=O)c1cc(Oc2ccc(NC(=O)Nc3ccc(Cl)cc3)cc2)ccn1. The summed E-state index contributed by atoms with van der Waals surface area (Å²) < 4.78 is 5.79. The summed E-state index contributed by atoms with van der Waals surface area (Å²) in [5, 5.41) is 6.58. The molecule has 0 saturated heterocycles. The van der Waals surface area contributed by atoms with E-state index in [0.29, 0.717) is 32.9 Å². The third kappa shape index (κ3) is 8.60. The van der Waals surface area contributed by atoms with Crippen LogP contribution in [-0.4, -0.2) is 22.8 Å². The van der Waals surface area contributed by atoms with Crippen LogP contribution in [-0.2, 0) is 4.79 Å². The van der Waals surface area contributed by atoms with Crippen molar-refractivity contribution >= 4 is 58.5 Å². The highest BCUT2D eigenvalue weighted by atomic mass is 35.5. The number of carbonyl (C=O) groups is 3. The summed E-state index contributed by atoms with van der Waals surface area (Å²) in [4.78, 5) is 40.6. The predicted octanol–water partition coefficient (Wildman–Crippen LogP) is 6.30. The van der Waals surface area contributed by atoms with E-state index in [2.05, 4.69) is 26.5 Å². The van der Waals surface area contributed by atoms with Gasteiger partial charge in [-0.1, -0.05) is 35.3 Å². The number of benzene rings is 3. The van der Waals surface area contributed by atoms with E-state index < -0.39 is 17.8 Å². The van der Waals surface area contributed by atoms with Crippen LogP contribution in [0.2, 0.25) is 10.0 Å². The van der Waals surface area contributed by atoms with E-state index in [0.717, 1.165) is 5.56 Å². The summed E-state index contributed by atoms with van der Waals surface area (Å²) >= 11 is 11.7. The highest BCUT2D eigenvalue weighted by molar-refractivity contribution is 6.30. The molecule has 9 nitrogen and oxygen atoms in total.